The van der Waals surface area contributed by atoms with E-state index in [1.165, 1.54) is 16.5 Å². The van der Waals surface area contributed by atoms with Gasteiger partial charge in [-0.25, -0.2) is 4.98 Å². The lowest BCUT2D eigenvalue weighted by Crippen LogP contribution is -2.49. The lowest BCUT2D eigenvalue weighted by molar-refractivity contribution is -0.128. The first-order valence-corrected chi connectivity index (χ1v) is 12.1. The van der Waals surface area contributed by atoms with Crippen LogP contribution in [-0.2, 0) is 27.5 Å². The second kappa shape index (κ2) is 13.0. The molecule has 1 atom stereocenters. The summed E-state index contributed by atoms with van der Waals surface area (Å²) in [6, 6.07) is 8.90. The lowest BCUT2D eigenvalue weighted by Gasteiger charge is -2.39. The van der Waals surface area contributed by atoms with E-state index in [-0.39, 0.29) is 5.91 Å². The van der Waals surface area contributed by atoms with Crippen LogP contribution >= 0.6 is 0 Å². The van der Waals surface area contributed by atoms with Crippen LogP contribution in [-0.4, -0.2) is 71.9 Å². The van der Waals surface area contributed by atoms with Gasteiger partial charge in [-0.1, -0.05) is 37.8 Å². The van der Waals surface area contributed by atoms with E-state index in [2.05, 4.69) is 58.0 Å². The Morgan fingerprint density at radius 3 is 2.51 bits per heavy atom. The van der Waals surface area contributed by atoms with Crippen molar-refractivity contribution in [2.24, 2.45) is 0 Å². The predicted molar refractivity (Wildman–Crippen MR) is 137 cm³/mol. The third-order valence-electron chi connectivity index (χ3n) is 6.32. The Bertz CT molecular complexity index is 989. The highest BCUT2D eigenvalue weighted by molar-refractivity contribution is 5.87. The molecule has 2 heterocycles. The average molecular weight is 481 g/mol. The van der Waals surface area contributed by atoms with Crippen molar-refractivity contribution in [2.45, 2.75) is 39.5 Å². The number of nitrogens with one attached hydrogen (secondary N) is 1. The number of carbonyl (C=O) groups excluding carboxylic acids is 2. The molecule has 1 N–H and O–H groups in total. The van der Waals surface area contributed by atoms with Crippen molar-refractivity contribution < 1.29 is 14.3 Å². The van der Waals surface area contributed by atoms with Gasteiger partial charge in [-0.15, -0.1) is 0 Å². The van der Waals surface area contributed by atoms with Gasteiger partial charge in [-0.05, 0) is 30.5 Å². The van der Waals surface area contributed by atoms with E-state index in [1.54, 1.807) is 13.3 Å². The Labute approximate surface area is 207 Å². The van der Waals surface area contributed by atoms with E-state index in [4.69, 9.17) is 4.74 Å². The molecule has 0 aliphatic carbocycles. The number of hydrogen-bond acceptors (Lipinski definition) is 7. The molecule has 2 aromatic rings. The minimum Gasteiger partial charge on any atom is -0.380 e. The quantitative estimate of drug-likeness (QED) is 0.369. The maximum absolute atomic E-state index is 11.9. The third-order valence-corrected chi connectivity index (χ3v) is 6.32. The summed E-state index contributed by atoms with van der Waals surface area (Å²) in [6.07, 6.45) is 4.85. The molecular weight excluding hydrogens is 444 g/mol. The standard InChI is InChI=1S/C26H36N6O3/c1-5-23(31-12-14-32(15-13-31)24(34)6-2)21-10-8-20(9-11-21)16-27-26-28-17-22(18-35-4)25(29-26)30(7-3)19-33/h6,8-11,17,19,23H,2,5,7,12-16,18H2,1,3-4H3,(H,27,28,29). The van der Waals surface area contributed by atoms with Crippen LogP contribution in [0.2, 0.25) is 0 Å². The summed E-state index contributed by atoms with van der Waals surface area (Å²) in [5.74, 6) is 1.02. The second-order valence-electron chi connectivity index (χ2n) is 8.45. The molecule has 0 radical (unpaired) electrons. The van der Waals surface area contributed by atoms with Crippen LogP contribution in [0.3, 0.4) is 0 Å². The molecule has 1 aliphatic rings. The number of benzene rings is 1. The van der Waals surface area contributed by atoms with Gasteiger partial charge in [-0.3, -0.25) is 19.4 Å². The molecule has 0 spiro atoms. The van der Waals surface area contributed by atoms with Gasteiger partial charge >= 0.3 is 0 Å². The summed E-state index contributed by atoms with van der Waals surface area (Å²) in [4.78, 5) is 38.1. The number of aromatic nitrogens is 2. The topological polar surface area (TPSA) is 90.9 Å². The minimum atomic E-state index is 0.00699. The fraction of sp³-hybridized carbons (Fsp3) is 0.462. The number of amides is 2. The van der Waals surface area contributed by atoms with E-state index < -0.39 is 0 Å². The molecule has 1 unspecified atom stereocenters. The van der Waals surface area contributed by atoms with Gasteiger partial charge in [0.25, 0.3) is 0 Å². The normalized spacial score (nSPS) is 14.9. The first kappa shape index (κ1) is 26.3. The molecular formula is C26H36N6O3. The summed E-state index contributed by atoms with van der Waals surface area (Å²) >= 11 is 0. The van der Waals surface area contributed by atoms with Crippen LogP contribution in [0.15, 0.2) is 43.1 Å². The molecule has 188 valence electrons. The van der Waals surface area contributed by atoms with Crippen molar-refractivity contribution in [2.75, 3.05) is 50.1 Å². The first-order chi connectivity index (χ1) is 17.0. The molecule has 0 bridgehead atoms. The maximum atomic E-state index is 11.9. The van der Waals surface area contributed by atoms with Gasteiger partial charge in [0.1, 0.15) is 5.82 Å². The largest absolute Gasteiger partial charge is 0.380 e. The van der Waals surface area contributed by atoms with Gasteiger partial charge < -0.3 is 15.0 Å². The van der Waals surface area contributed by atoms with Crippen LogP contribution in [0.4, 0.5) is 11.8 Å². The van der Waals surface area contributed by atoms with Gasteiger partial charge in [0.05, 0.1) is 6.61 Å². The summed E-state index contributed by atoms with van der Waals surface area (Å²) in [5, 5.41) is 3.26. The zero-order valence-electron chi connectivity index (χ0n) is 20.9. The van der Waals surface area contributed by atoms with Crippen LogP contribution in [0.5, 0.6) is 0 Å². The van der Waals surface area contributed by atoms with Crippen molar-refractivity contribution in [1.29, 1.82) is 0 Å². The predicted octanol–water partition coefficient (Wildman–Crippen LogP) is 3.00. The van der Waals surface area contributed by atoms with Crippen molar-refractivity contribution >= 4 is 24.1 Å². The highest BCUT2D eigenvalue weighted by Crippen LogP contribution is 2.26. The van der Waals surface area contributed by atoms with Gasteiger partial charge in [-0.2, -0.15) is 4.98 Å². The van der Waals surface area contributed by atoms with E-state index in [0.29, 0.717) is 37.5 Å². The Morgan fingerprint density at radius 1 is 1.23 bits per heavy atom. The number of carbonyl (C=O) groups is 2. The molecule has 1 fully saturated rings. The summed E-state index contributed by atoms with van der Waals surface area (Å²) in [7, 11) is 1.60. The first-order valence-electron chi connectivity index (χ1n) is 12.1. The number of anilines is 2. The highest BCUT2D eigenvalue weighted by Gasteiger charge is 2.25. The zero-order valence-corrected chi connectivity index (χ0v) is 20.9. The van der Waals surface area contributed by atoms with Crippen LogP contribution in [0.1, 0.15) is 43.0 Å². The second-order valence-corrected chi connectivity index (χ2v) is 8.45. The van der Waals surface area contributed by atoms with Crippen LogP contribution in [0, 0.1) is 0 Å². The summed E-state index contributed by atoms with van der Waals surface area (Å²) in [6.45, 7) is 12.3. The van der Waals surface area contributed by atoms with E-state index >= 15 is 0 Å². The molecule has 35 heavy (non-hydrogen) atoms. The maximum Gasteiger partial charge on any atom is 0.246 e. The zero-order chi connectivity index (χ0) is 25.2. The van der Waals surface area contributed by atoms with Crippen molar-refractivity contribution in [1.82, 2.24) is 19.8 Å². The lowest BCUT2D eigenvalue weighted by atomic mass is 10.0. The fourth-order valence-corrected chi connectivity index (χ4v) is 4.39. The number of methoxy groups -OCH3 is 1. The van der Waals surface area contributed by atoms with Crippen molar-refractivity contribution in [3.05, 3.63) is 59.8 Å². The molecule has 1 aromatic heterocycles. The molecule has 0 saturated carbocycles. The molecule has 1 aliphatic heterocycles. The summed E-state index contributed by atoms with van der Waals surface area (Å²) < 4.78 is 5.21. The molecule has 1 saturated heterocycles. The van der Waals surface area contributed by atoms with Gasteiger partial charge in [0.15, 0.2) is 0 Å². The van der Waals surface area contributed by atoms with Crippen LogP contribution < -0.4 is 10.2 Å². The summed E-state index contributed by atoms with van der Waals surface area (Å²) in [5.41, 5.74) is 3.14. The number of rotatable bonds is 12. The van der Waals surface area contributed by atoms with Crippen molar-refractivity contribution in [3.63, 3.8) is 0 Å². The number of ether oxygens (including phenoxy) is 1. The number of nitrogens with zero attached hydrogens (tertiary/aromatic N) is 5. The smallest absolute Gasteiger partial charge is 0.246 e. The fourth-order valence-electron chi connectivity index (χ4n) is 4.39. The highest BCUT2D eigenvalue weighted by atomic mass is 16.5. The molecule has 2 amide bonds. The number of piperazine rings is 1. The molecule has 9 nitrogen and oxygen atoms in total. The molecule has 9 heteroatoms. The Hall–Kier alpha value is -3.30. The van der Waals surface area contributed by atoms with E-state index in [9.17, 15) is 9.59 Å². The molecule has 3 rings (SSSR count). The van der Waals surface area contributed by atoms with Gasteiger partial charge in [0, 0.05) is 64.2 Å². The average Bonchev–Trinajstić information content (AvgIpc) is 2.90. The van der Waals surface area contributed by atoms with E-state index in [0.717, 1.165) is 50.1 Å². The van der Waals surface area contributed by atoms with Crippen molar-refractivity contribution in [3.8, 4) is 0 Å². The SMILES string of the molecule is C=CC(=O)N1CCN(C(CC)c2ccc(CNc3ncc(COC)c(N(C=O)CC)n3)cc2)CC1. The monoisotopic (exact) mass is 480 g/mol. The third kappa shape index (κ3) is 6.64. The Balaban J connectivity index is 1.63. The van der Waals surface area contributed by atoms with Crippen LogP contribution in [0.25, 0.3) is 0 Å². The van der Waals surface area contributed by atoms with Gasteiger partial charge in [0.2, 0.25) is 18.3 Å². The van der Waals surface area contributed by atoms with E-state index in [1.807, 2.05) is 11.8 Å². The number of hydrogen-bond donors (Lipinski definition) is 1. The Morgan fingerprint density at radius 2 is 1.94 bits per heavy atom. The Kier molecular flexibility index (Phi) is 9.75. The minimum absolute atomic E-state index is 0.00699. The molecule has 1 aromatic carbocycles.